The van der Waals surface area contributed by atoms with Crippen LogP contribution in [0.5, 0.6) is 0 Å². The molecule has 1 saturated heterocycles. The summed E-state index contributed by atoms with van der Waals surface area (Å²) in [6.07, 6.45) is 1.07. The first-order valence-corrected chi connectivity index (χ1v) is 13.1. The van der Waals surface area contributed by atoms with E-state index in [-0.39, 0.29) is 24.3 Å². The topological polar surface area (TPSA) is 76.7 Å². The van der Waals surface area contributed by atoms with Crippen molar-refractivity contribution in [3.8, 4) is 11.3 Å². The number of H-pyrrole nitrogens is 1. The first-order chi connectivity index (χ1) is 18.5. The molecule has 38 heavy (non-hydrogen) atoms. The van der Waals surface area contributed by atoms with Gasteiger partial charge in [0.05, 0.1) is 11.7 Å². The van der Waals surface area contributed by atoms with Gasteiger partial charge in [-0.25, -0.2) is 0 Å². The van der Waals surface area contributed by atoms with Crippen molar-refractivity contribution >= 4 is 29.1 Å². The Morgan fingerprint density at radius 3 is 2.42 bits per heavy atom. The molecule has 0 aliphatic carbocycles. The molecule has 3 amide bonds. The van der Waals surface area contributed by atoms with E-state index in [2.05, 4.69) is 48.3 Å². The van der Waals surface area contributed by atoms with Gasteiger partial charge in [-0.2, -0.15) is 0 Å². The van der Waals surface area contributed by atoms with Gasteiger partial charge in [0.1, 0.15) is 0 Å². The lowest BCUT2D eigenvalue weighted by atomic mass is 9.93. The Morgan fingerprint density at radius 1 is 0.947 bits per heavy atom. The normalized spacial score (nSPS) is 17.2. The molecule has 1 atom stereocenters. The summed E-state index contributed by atoms with van der Waals surface area (Å²) >= 11 is 0. The first kappa shape index (κ1) is 24.0. The fraction of sp³-hybridized carbons (Fsp3) is 0.258. The fourth-order valence-electron chi connectivity index (χ4n) is 5.76. The number of aromatic amines is 1. The summed E-state index contributed by atoms with van der Waals surface area (Å²) in [5.41, 5.74) is 6.94. The van der Waals surface area contributed by atoms with Crippen molar-refractivity contribution in [2.45, 2.75) is 19.4 Å². The highest BCUT2D eigenvalue weighted by atomic mass is 16.2. The summed E-state index contributed by atoms with van der Waals surface area (Å²) in [6.45, 7) is 4.52. The van der Waals surface area contributed by atoms with Crippen molar-refractivity contribution in [3.05, 3.63) is 95.1 Å². The van der Waals surface area contributed by atoms with Crippen molar-refractivity contribution in [2.75, 3.05) is 32.7 Å². The summed E-state index contributed by atoms with van der Waals surface area (Å²) in [5.74, 6) is -0.0416. The zero-order valence-electron chi connectivity index (χ0n) is 21.4. The van der Waals surface area contributed by atoms with Crippen LogP contribution in [0.15, 0.2) is 72.8 Å². The number of hydrogen-bond acceptors (Lipinski definition) is 3. The molecule has 2 aliphatic heterocycles. The van der Waals surface area contributed by atoms with Crippen molar-refractivity contribution in [3.63, 3.8) is 0 Å². The first-order valence-electron chi connectivity index (χ1n) is 13.1. The molecule has 7 nitrogen and oxygen atoms in total. The minimum atomic E-state index is -0.314. The molecule has 3 aromatic carbocycles. The third kappa shape index (κ3) is 4.14. The summed E-state index contributed by atoms with van der Waals surface area (Å²) in [6, 6.07) is 24.1. The number of piperazine rings is 1. The summed E-state index contributed by atoms with van der Waals surface area (Å²) in [5, 5.41) is 1.07. The number of carbonyl (C=O) groups is 3. The van der Waals surface area contributed by atoms with Gasteiger partial charge >= 0.3 is 0 Å². The predicted octanol–water partition coefficient (Wildman–Crippen LogP) is 4.38. The highest BCUT2D eigenvalue weighted by Gasteiger charge is 2.40. The van der Waals surface area contributed by atoms with E-state index in [0.29, 0.717) is 38.3 Å². The molecule has 3 heterocycles. The number of aryl methyl sites for hydroxylation is 1. The Bertz CT molecular complexity index is 1520. The van der Waals surface area contributed by atoms with Crippen LogP contribution in [0, 0.1) is 6.92 Å². The van der Waals surface area contributed by atoms with Gasteiger partial charge in [-0.1, -0.05) is 66.2 Å². The molecule has 0 unspecified atom stereocenters. The van der Waals surface area contributed by atoms with E-state index in [1.54, 1.807) is 9.80 Å². The molecular formula is C31H30N4O3. The number of hydrogen-bond donors (Lipinski definition) is 1. The van der Waals surface area contributed by atoms with Crippen LogP contribution in [0.1, 0.15) is 39.5 Å². The number of nitrogens with zero attached hydrogens (tertiary/aromatic N) is 3. The molecule has 0 bridgehead atoms. The zero-order valence-corrected chi connectivity index (χ0v) is 21.4. The van der Waals surface area contributed by atoms with Crippen LogP contribution in [-0.4, -0.2) is 70.6 Å². The maximum absolute atomic E-state index is 13.7. The highest BCUT2D eigenvalue weighted by Crippen LogP contribution is 2.45. The van der Waals surface area contributed by atoms with E-state index in [1.165, 1.54) is 5.56 Å². The average molecular weight is 507 g/mol. The predicted molar refractivity (Wildman–Crippen MR) is 147 cm³/mol. The van der Waals surface area contributed by atoms with E-state index < -0.39 is 0 Å². The number of aromatic nitrogens is 1. The number of amides is 3. The lowest BCUT2D eigenvalue weighted by Gasteiger charge is -2.33. The average Bonchev–Trinajstić information content (AvgIpc) is 3.47. The smallest absolute Gasteiger partial charge is 0.255 e. The molecule has 0 spiro atoms. The van der Waals surface area contributed by atoms with Gasteiger partial charge < -0.3 is 19.7 Å². The summed E-state index contributed by atoms with van der Waals surface area (Å²) in [7, 11) is 0. The standard InChI is InChI=1S/C31H30N4O3/c1-21-10-12-22(13-11-21)29-28(25-8-4-5-9-26(25)32-29)30-23-6-2-3-7-24(23)31(38)35(30)15-14-27(37)34-18-16-33(20-36)17-19-34/h2-13,20,30,32H,14-19H2,1H3/t30-/m0/s1. The van der Waals surface area contributed by atoms with Gasteiger partial charge in [-0.3, -0.25) is 14.4 Å². The molecule has 4 aromatic rings. The molecular weight excluding hydrogens is 476 g/mol. The molecule has 2 aliphatic rings. The number of nitrogens with one attached hydrogen (secondary N) is 1. The number of benzene rings is 3. The maximum Gasteiger partial charge on any atom is 0.255 e. The second-order valence-corrected chi connectivity index (χ2v) is 10.1. The van der Waals surface area contributed by atoms with Crippen molar-refractivity contribution in [2.24, 2.45) is 0 Å². The summed E-state index contributed by atoms with van der Waals surface area (Å²) < 4.78 is 0. The number of carbonyl (C=O) groups excluding carboxylic acids is 3. The van der Waals surface area contributed by atoms with Gasteiger partial charge in [0.25, 0.3) is 5.91 Å². The van der Waals surface area contributed by atoms with E-state index in [9.17, 15) is 14.4 Å². The van der Waals surface area contributed by atoms with Crippen LogP contribution in [0.4, 0.5) is 0 Å². The van der Waals surface area contributed by atoms with Gasteiger partial charge in [0, 0.05) is 61.2 Å². The van der Waals surface area contributed by atoms with Crippen LogP contribution < -0.4 is 0 Å². The monoisotopic (exact) mass is 506 g/mol. The van der Waals surface area contributed by atoms with Gasteiger partial charge in [-0.05, 0) is 30.2 Å². The van der Waals surface area contributed by atoms with Crippen molar-refractivity contribution < 1.29 is 14.4 Å². The van der Waals surface area contributed by atoms with Crippen molar-refractivity contribution in [1.82, 2.24) is 19.7 Å². The SMILES string of the molecule is Cc1ccc(-c2[nH]c3ccccc3c2[C@@H]2c3ccccc3C(=O)N2CCC(=O)N2CCN(C=O)CC2)cc1. The molecule has 0 saturated carbocycles. The van der Waals surface area contributed by atoms with Gasteiger partial charge in [0.15, 0.2) is 0 Å². The highest BCUT2D eigenvalue weighted by molar-refractivity contribution is 6.02. The lowest BCUT2D eigenvalue weighted by Crippen LogP contribution is -2.48. The van der Waals surface area contributed by atoms with Crippen molar-refractivity contribution in [1.29, 1.82) is 0 Å². The van der Waals surface area contributed by atoms with E-state index >= 15 is 0 Å². The Balaban J connectivity index is 1.39. The molecule has 6 rings (SSSR count). The minimum Gasteiger partial charge on any atom is -0.354 e. The molecule has 7 heteroatoms. The van der Waals surface area contributed by atoms with Crippen LogP contribution in [0.25, 0.3) is 22.2 Å². The Morgan fingerprint density at radius 2 is 1.66 bits per heavy atom. The molecule has 1 fully saturated rings. The molecule has 1 aromatic heterocycles. The Labute approximate surface area is 221 Å². The Kier molecular flexibility index (Phi) is 6.19. The molecule has 192 valence electrons. The van der Waals surface area contributed by atoms with Gasteiger partial charge in [-0.15, -0.1) is 0 Å². The maximum atomic E-state index is 13.7. The fourth-order valence-corrected chi connectivity index (χ4v) is 5.76. The summed E-state index contributed by atoms with van der Waals surface area (Å²) in [4.78, 5) is 46.9. The minimum absolute atomic E-state index is 0.00994. The third-order valence-electron chi connectivity index (χ3n) is 7.80. The third-order valence-corrected chi connectivity index (χ3v) is 7.80. The lowest BCUT2D eigenvalue weighted by molar-refractivity contribution is -0.135. The quantitative estimate of drug-likeness (QED) is 0.395. The van der Waals surface area contributed by atoms with Crippen LogP contribution in [0.3, 0.4) is 0 Å². The number of para-hydroxylation sites is 1. The van der Waals surface area contributed by atoms with E-state index in [4.69, 9.17) is 0 Å². The Hall–Kier alpha value is -4.39. The largest absolute Gasteiger partial charge is 0.354 e. The van der Waals surface area contributed by atoms with E-state index in [0.717, 1.165) is 39.7 Å². The zero-order chi connectivity index (χ0) is 26.2. The van der Waals surface area contributed by atoms with Crippen LogP contribution in [0.2, 0.25) is 0 Å². The number of rotatable bonds is 6. The van der Waals surface area contributed by atoms with E-state index in [1.807, 2.05) is 41.3 Å². The second-order valence-electron chi connectivity index (χ2n) is 10.1. The second kappa shape index (κ2) is 9.82. The van der Waals surface area contributed by atoms with Gasteiger partial charge in [0.2, 0.25) is 12.3 Å². The molecule has 0 radical (unpaired) electrons. The van der Waals surface area contributed by atoms with Crippen LogP contribution in [-0.2, 0) is 9.59 Å². The van der Waals surface area contributed by atoms with Crippen LogP contribution >= 0.6 is 0 Å². The molecule has 1 N–H and O–H groups in total. The number of fused-ring (bicyclic) bond motifs is 2.